The molecule has 1 saturated heterocycles. The quantitative estimate of drug-likeness (QED) is 0.691. The number of ether oxygens (including phenoxy) is 1. The molecule has 0 atom stereocenters. The highest BCUT2D eigenvalue weighted by Gasteiger charge is 2.20. The van der Waals surface area contributed by atoms with E-state index >= 15 is 0 Å². The molecule has 3 aromatic rings. The molecule has 1 fully saturated rings. The van der Waals surface area contributed by atoms with Gasteiger partial charge >= 0.3 is 0 Å². The van der Waals surface area contributed by atoms with Gasteiger partial charge in [-0.1, -0.05) is 12.1 Å². The summed E-state index contributed by atoms with van der Waals surface area (Å²) in [4.78, 5) is 18.2. The molecule has 3 heterocycles. The summed E-state index contributed by atoms with van der Waals surface area (Å²) in [6.45, 7) is 4.72. The van der Waals surface area contributed by atoms with E-state index in [0.29, 0.717) is 0 Å². The minimum absolute atomic E-state index is 0.819. The Morgan fingerprint density at radius 1 is 1.04 bits per heavy atom. The smallest absolute Gasteiger partial charge is 0.225 e. The molecule has 1 aliphatic rings. The first-order valence-electron chi connectivity index (χ1n) is 8.65. The average molecular weight is 367 g/mol. The van der Waals surface area contributed by atoms with E-state index in [-0.39, 0.29) is 0 Å². The molecule has 2 aromatic heterocycles. The predicted molar refractivity (Wildman–Crippen MR) is 104 cm³/mol. The SMILES string of the molecule is COc1ccccc1-c1nc(CN2CCN(c3ncccn3)CC2)cs1. The van der Waals surface area contributed by atoms with Crippen molar-refractivity contribution in [1.29, 1.82) is 0 Å². The predicted octanol–water partition coefficient (Wildman–Crippen LogP) is 2.93. The van der Waals surface area contributed by atoms with Gasteiger partial charge in [-0.25, -0.2) is 15.0 Å². The molecule has 0 radical (unpaired) electrons. The second kappa shape index (κ2) is 7.80. The van der Waals surface area contributed by atoms with Crippen molar-refractivity contribution < 1.29 is 4.74 Å². The van der Waals surface area contributed by atoms with E-state index in [2.05, 4.69) is 31.2 Å². The average Bonchev–Trinajstić information content (AvgIpc) is 3.17. The first kappa shape index (κ1) is 16.9. The summed E-state index contributed by atoms with van der Waals surface area (Å²) in [5.41, 5.74) is 2.16. The van der Waals surface area contributed by atoms with Crippen LogP contribution in [0.1, 0.15) is 5.69 Å². The number of para-hydroxylation sites is 1. The number of piperazine rings is 1. The zero-order valence-corrected chi connectivity index (χ0v) is 15.5. The van der Waals surface area contributed by atoms with Crippen LogP contribution in [0.2, 0.25) is 0 Å². The van der Waals surface area contributed by atoms with Crippen LogP contribution in [0, 0.1) is 0 Å². The molecular weight excluding hydrogens is 346 g/mol. The van der Waals surface area contributed by atoms with E-state index < -0.39 is 0 Å². The zero-order valence-electron chi connectivity index (χ0n) is 14.7. The lowest BCUT2D eigenvalue weighted by molar-refractivity contribution is 0.246. The lowest BCUT2D eigenvalue weighted by Crippen LogP contribution is -2.46. The second-order valence-corrected chi connectivity index (χ2v) is 7.01. The van der Waals surface area contributed by atoms with E-state index in [1.807, 2.05) is 24.3 Å². The number of benzene rings is 1. The molecule has 1 aromatic carbocycles. The maximum Gasteiger partial charge on any atom is 0.225 e. The number of rotatable bonds is 5. The highest BCUT2D eigenvalue weighted by molar-refractivity contribution is 7.13. The van der Waals surface area contributed by atoms with Gasteiger partial charge in [-0.2, -0.15) is 0 Å². The maximum atomic E-state index is 5.45. The standard InChI is InChI=1S/C19H21N5OS/c1-25-17-6-3-2-5-16(17)18-22-15(14-26-18)13-23-9-11-24(12-10-23)19-20-7-4-8-21-19/h2-8,14H,9-13H2,1H3. The number of aromatic nitrogens is 3. The third kappa shape index (κ3) is 3.68. The molecule has 26 heavy (non-hydrogen) atoms. The summed E-state index contributed by atoms with van der Waals surface area (Å²) in [6.07, 6.45) is 3.59. The Kier molecular flexibility index (Phi) is 5.08. The van der Waals surface area contributed by atoms with Crippen molar-refractivity contribution in [3.8, 4) is 16.3 Å². The Bertz CT molecular complexity index is 846. The molecular formula is C19H21N5OS. The Labute approximate surface area is 157 Å². The van der Waals surface area contributed by atoms with Crippen molar-refractivity contribution in [2.45, 2.75) is 6.54 Å². The Morgan fingerprint density at radius 3 is 2.58 bits per heavy atom. The summed E-state index contributed by atoms with van der Waals surface area (Å²) in [5.74, 6) is 1.68. The van der Waals surface area contributed by atoms with E-state index in [9.17, 15) is 0 Å². The van der Waals surface area contributed by atoms with Gasteiger partial charge in [-0.3, -0.25) is 4.90 Å². The van der Waals surface area contributed by atoms with Crippen LogP contribution < -0.4 is 9.64 Å². The van der Waals surface area contributed by atoms with Gasteiger partial charge in [-0.05, 0) is 18.2 Å². The first-order valence-corrected chi connectivity index (χ1v) is 9.53. The minimum atomic E-state index is 0.819. The monoisotopic (exact) mass is 367 g/mol. The summed E-state index contributed by atoms with van der Waals surface area (Å²) in [6, 6.07) is 9.87. The molecule has 0 bridgehead atoms. The molecule has 134 valence electrons. The summed E-state index contributed by atoms with van der Waals surface area (Å²) in [7, 11) is 1.70. The fourth-order valence-corrected chi connectivity index (χ4v) is 3.95. The van der Waals surface area contributed by atoms with Crippen LogP contribution in [-0.4, -0.2) is 53.1 Å². The van der Waals surface area contributed by atoms with Crippen molar-refractivity contribution >= 4 is 17.3 Å². The van der Waals surface area contributed by atoms with Crippen molar-refractivity contribution in [1.82, 2.24) is 19.9 Å². The number of hydrogen-bond acceptors (Lipinski definition) is 7. The van der Waals surface area contributed by atoms with Gasteiger partial charge in [0.05, 0.1) is 18.4 Å². The van der Waals surface area contributed by atoms with Crippen LogP contribution in [0.15, 0.2) is 48.1 Å². The van der Waals surface area contributed by atoms with Gasteiger partial charge in [0.25, 0.3) is 0 Å². The fourth-order valence-electron chi connectivity index (χ4n) is 3.11. The van der Waals surface area contributed by atoms with E-state index in [4.69, 9.17) is 9.72 Å². The van der Waals surface area contributed by atoms with Gasteiger partial charge < -0.3 is 9.64 Å². The van der Waals surface area contributed by atoms with Crippen molar-refractivity contribution in [2.24, 2.45) is 0 Å². The van der Waals surface area contributed by atoms with Gasteiger partial charge in [-0.15, -0.1) is 11.3 Å². The van der Waals surface area contributed by atoms with E-state index in [1.54, 1.807) is 30.8 Å². The van der Waals surface area contributed by atoms with E-state index in [1.165, 1.54) is 0 Å². The molecule has 0 unspecified atom stereocenters. The first-order chi connectivity index (χ1) is 12.8. The van der Waals surface area contributed by atoms with E-state index in [0.717, 1.165) is 60.7 Å². The largest absolute Gasteiger partial charge is 0.496 e. The third-order valence-corrected chi connectivity index (χ3v) is 5.41. The van der Waals surface area contributed by atoms with Crippen LogP contribution in [0.3, 0.4) is 0 Å². The molecule has 1 aliphatic heterocycles. The minimum Gasteiger partial charge on any atom is -0.496 e. The molecule has 7 heteroatoms. The van der Waals surface area contributed by atoms with Crippen LogP contribution in [0.25, 0.3) is 10.6 Å². The third-order valence-electron chi connectivity index (χ3n) is 4.48. The molecule has 6 nitrogen and oxygen atoms in total. The molecule has 0 spiro atoms. The summed E-state index contributed by atoms with van der Waals surface area (Å²) in [5, 5.41) is 3.16. The fraction of sp³-hybridized carbons (Fsp3) is 0.316. The number of thiazole rings is 1. The van der Waals surface area contributed by atoms with Gasteiger partial charge in [0.2, 0.25) is 5.95 Å². The van der Waals surface area contributed by atoms with Crippen molar-refractivity contribution in [2.75, 3.05) is 38.2 Å². The molecule has 0 saturated carbocycles. The van der Waals surface area contributed by atoms with Crippen LogP contribution in [0.4, 0.5) is 5.95 Å². The number of methoxy groups -OCH3 is 1. The lowest BCUT2D eigenvalue weighted by Gasteiger charge is -2.34. The van der Waals surface area contributed by atoms with Crippen LogP contribution >= 0.6 is 11.3 Å². The molecule has 4 rings (SSSR count). The Balaban J connectivity index is 1.38. The van der Waals surface area contributed by atoms with Gasteiger partial charge in [0.1, 0.15) is 10.8 Å². The van der Waals surface area contributed by atoms with Crippen LogP contribution in [-0.2, 0) is 6.54 Å². The number of hydrogen-bond donors (Lipinski definition) is 0. The highest BCUT2D eigenvalue weighted by atomic mass is 32.1. The maximum absolute atomic E-state index is 5.45. The number of anilines is 1. The summed E-state index contributed by atoms with van der Waals surface area (Å²) < 4.78 is 5.45. The summed E-state index contributed by atoms with van der Waals surface area (Å²) >= 11 is 1.67. The Morgan fingerprint density at radius 2 is 1.81 bits per heavy atom. The Hall–Kier alpha value is -2.51. The van der Waals surface area contributed by atoms with Gasteiger partial charge in [0, 0.05) is 50.5 Å². The van der Waals surface area contributed by atoms with Crippen molar-refractivity contribution in [3.05, 3.63) is 53.8 Å². The topological polar surface area (TPSA) is 54.4 Å². The molecule has 0 aliphatic carbocycles. The normalized spacial score (nSPS) is 15.2. The molecule has 0 amide bonds. The molecule has 0 N–H and O–H groups in total. The highest BCUT2D eigenvalue weighted by Crippen LogP contribution is 2.32. The van der Waals surface area contributed by atoms with Crippen LogP contribution in [0.5, 0.6) is 5.75 Å². The lowest BCUT2D eigenvalue weighted by atomic mass is 10.2. The zero-order chi connectivity index (χ0) is 17.8. The number of nitrogens with zero attached hydrogens (tertiary/aromatic N) is 5. The second-order valence-electron chi connectivity index (χ2n) is 6.16. The van der Waals surface area contributed by atoms with Crippen molar-refractivity contribution in [3.63, 3.8) is 0 Å². The van der Waals surface area contributed by atoms with Gasteiger partial charge in [0.15, 0.2) is 0 Å².